The minimum Gasteiger partial charge on any atom is -0.388 e. The molecule has 0 aliphatic carbocycles. The van der Waals surface area contributed by atoms with Crippen molar-refractivity contribution in [2.75, 3.05) is 32.5 Å². The maximum Gasteiger partial charge on any atom is 0.319 e. The molecule has 0 aliphatic rings. The lowest BCUT2D eigenvalue weighted by molar-refractivity contribution is -0.384. The Balaban J connectivity index is 1.95. The molecule has 0 bridgehead atoms. The highest BCUT2D eigenvalue weighted by atomic mass is 16.6. The first-order valence-corrected chi connectivity index (χ1v) is 8.54. The molecule has 2 atom stereocenters. The summed E-state index contributed by atoms with van der Waals surface area (Å²) in [6, 6.07) is 14.4. The molecule has 27 heavy (non-hydrogen) atoms. The van der Waals surface area contributed by atoms with Crippen LogP contribution in [0.2, 0.25) is 0 Å². The molecule has 0 aliphatic heterocycles. The molecule has 0 saturated heterocycles. The molecule has 0 fully saturated rings. The fourth-order valence-electron chi connectivity index (χ4n) is 2.73. The van der Waals surface area contributed by atoms with Gasteiger partial charge in [0, 0.05) is 36.8 Å². The Labute approximate surface area is 158 Å². The van der Waals surface area contributed by atoms with Gasteiger partial charge in [-0.05, 0) is 31.8 Å². The molecular formula is C19H24N4O4. The standard InChI is InChI=1S/C19H24N4O4/c1-22(2)13-15(18(24)14-6-4-3-5-7-14)12-20-19(25)21-16-8-10-17(11-9-16)23(26)27/h3-11,15,18,24H,12-13H2,1-2H3,(H2,20,21,25). The number of hydrogen-bond donors (Lipinski definition) is 3. The molecule has 2 rings (SSSR count). The smallest absolute Gasteiger partial charge is 0.319 e. The van der Waals surface area contributed by atoms with Gasteiger partial charge < -0.3 is 20.6 Å². The topological polar surface area (TPSA) is 108 Å². The summed E-state index contributed by atoms with van der Waals surface area (Å²) >= 11 is 0. The van der Waals surface area contributed by atoms with E-state index in [-0.39, 0.29) is 18.2 Å². The van der Waals surface area contributed by atoms with E-state index in [1.807, 2.05) is 49.3 Å². The molecule has 2 amide bonds. The van der Waals surface area contributed by atoms with Crippen molar-refractivity contribution in [3.05, 3.63) is 70.3 Å². The number of non-ortho nitro benzene ring substituents is 1. The average Bonchev–Trinajstić information content (AvgIpc) is 2.65. The molecule has 0 aromatic heterocycles. The number of aliphatic hydroxyl groups excluding tert-OH is 1. The van der Waals surface area contributed by atoms with Gasteiger partial charge in [-0.3, -0.25) is 10.1 Å². The number of rotatable bonds is 8. The predicted octanol–water partition coefficient (Wildman–Crippen LogP) is 2.63. The lowest BCUT2D eigenvalue weighted by Gasteiger charge is -2.26. The van der Waals surface area contributed by atoms with Gasteiger partial charge in [0.15, 0.2) is 0 Å². The van der Waals surface area contributed by atoms with Crippen molar-refractivity contribution in [2.45, 2.75) is 6.10 Å². The number of nitrogens with one attached hydrogen (secondary N) is 2. The van der Waals surface area contributed by atoms with Gasteiger partial charge in [0.2, 0.25) is 0 Å². The Kier molecular flexibility index (Phi) is 7.27. The lowest BCUT2D eigenvalue weighted by atomic mass is 9.95. The van der Waals surface area contributed by atoms with Gasteiger partial charge in [0.1, 0.15) is 0 Å². The first-order valence-electron chi connectivity index (χ1n) is 8.54. The number of anilines is 1. The summed E-state index contributed by atoms with van der Waals surface area (Å²) in [6.07, 6.45) is -0.715. The molecule has 0 saturated carbocycles. The molecule has 2 aromatic rings. The van der Waals surface area contributed by atoms with Crippen LogP contribution in [0.25, 0.3) is 0 Å². The van der Waals surface area contributed by atoms with E-state index >= 15 is 0 Å². The van der Waals surface area contributed by atoms with Crippen molar-refractivity contribution in [2.24, 2.45) is 5.92 Å². The van der Waals surface area contributed by atoms with Crippen LogP contribution in [0.4, 0.5) is 16.2 Å². The highest BCUT2D eigenvalue weighted by molar-refractivity contribution is 5.89. The molecule has 8 heteroatoms. The zero-order chi connectivity index (χ0) is 19.8. The molecular weight excluding hydrogens is 348 g/mol. The second-order valence-electron chi connectivity index (χ2n) is 6.52. The maximum atomic E-state index is 12.1. The van der Waals surface area contributed by atoms with Crippen LogP contribution in [0.3, 0.4) is 0 Å². The number of carbonyl (C=O) groups excluding carboxylic acids is 1. The zero-order valence-corrected chi connectivity index (χ0v) is 15.3. The lowest BCUT2D eigenvalue weighted by Crippen LogP contribution is -2.39. The van der Waals surface area contributed by atoms with E-state index in [2.05, 4.69) is 10.6 Å². The van der Waals surface area contributed by atoms with Crippen LogP contribution in [0.15, 0.2) is 54.6 Å². The summed E-state index contributed by atoms with van der Waals surface area (Å²) in [5.74, 6) is -0.204. The van der Waals surface area contributed by atoms with Crippen LogP contribution in [0.5, 0.6) is 0 Å². The summed E-state index contributed by atoms with van der Waals surface area (Å²) in [5.41, 5.74) is 1.20. The van der Waals surface area contributed by atoms with E-state index in [1.54, 1.807) is 0 Å². The Bertz CT molecular complexity index is 750. The zero-order valence-electron chi connectivity index (χ0n) is 15.3. The number of amides is 2. The number of nitro groups is 1. The predicted molar refractivity (Wildman–Crippen MR) is 104 cm³/mol. The molecule has 0 spiro atoms. The highest BCUT2D eigenvalue weighted by Crippen LogP contribution is 2.22. The van der Waals surface area contributed by atoms with Crippen LogP contribution in [0, 0.1) is 16.0 Å². The monoisotopic (exact) mass is 372 g/mol. The van der Waals surface area contributed by atoms with Gasteiger partial charge >= 0.3 is 6.03 Å². The summed E-state index contributed by atoms with van der Waals surface area (Å²) in [7, 11) is 3.81. The summed E-state index contributed by atoms with van der Waals surface area (Å²) in [5, 5.41) is 26.7. The first kappa shape index (κ1) is 20.3. The quantitative estimate of drug-likeness (QED) is 0.488. The number of aliphatic hydroxyl groups is 1. The number of nitro benzene ring substituents is 1. The Morgan fingerprint density at radius 2 is 1.78 bits per heavy atom. The molecule has 0 radical (unpaired) electrons. The second-order valence-corrected chi connectivity index (χ2v) is 6.52. The van der Waals surface area contributed by atoms with Crippen molar-refractivity contribution >= 4 is 17.4 Å². The molecule has 3 N–H and O–H groups in total. The minimum atomic E-state index is -0.715. The van der Waals surface area contributed by atoms with Crippen LogP contribution in [-0.2, 0) is 0 Å². The van der Waals surface area contributed by atoms with Gasteiger partial charge in [-0.15, -0.1) is 0 Å². The highest BCUT2D eigenvalue weighted by Gasteiger charge is 2.22. The Morgan fingerprint density at radius 3 is 2.33 bits per heavy atom. The van der Waals surface area contributed by atoms with E-state index in [4.69, 9.17) is 0 Å². The van der Waals surface area contributed by atoms with Crippen molar-refractivity contribution in [1.82, 2.24) is 10.2 Å². The summed E-state index contributed by atoms with van der Waals surface area (Å²) < 4.78 is 0. The van der Waals surface area contributed by atoms with Crippen molar-refractivity contribution in [1.29, 1.82) is 0 Å². The number of hydrogen-bond acceptors (Lipinski definition) is 5. The van der Waals surface area contributed by atoms with Crippen LogP contribution in [0.1, 0.15) is 11.7 Å². The largest absolute Gasteiger partial charge is 0.388 e. The van der Waals surface area contributed by atoms with E-state index in [9.17, 15) is 20.0 Å². The first-order chi connectivity index (χ1) is 12.9. The average molecular weight is 372 g/mol. The third-order valence-corrected chi connectivity index (χ3v) is 4.05. The third kappa shape index (κ3) is 6.36. The minimum absolute atomic E-state index is 0.0435. The third-order valence-electron chi connectivity index (χ3n) is 4.05. The van der Waals surface area contributed by atoms with Crippen molar-refractivity contribution in [3.8, 4) is 0 Å². The van der Waals surface area contributed by atoms with E-state index in [0.29, 0.717) is 12.2 Å². The number of benzene rings is 2. The molecule has 0 heterocycles. The van der Waals surface area contributed by atoms with Gasteiger partial charge in [-0.25, -0.2) is 4.79 Å². The second kappa shape index (κ2) is 9.65. The van der Waals surface area contributed by atoms with E-state index < -0.39 is 17.1 Å². The van der Waals surface area contributed by atoms with Gasteiger partial charge in [0.25, 0.3) is 5.69 Å². The SMILES string of the molecule is CN(C)CC(CNC(=O)Nc1ccc([N+](=O)[O-])cc1)C(O)c1ccccc1. The van der Waals surface area contributed by atoms with Gasteiger partial charge in [-0.2, -0.15) is 0 Å². The van der Waals surface area contributed by atoms with Crippen LogP contribution in [-0.4, -0.2) is 48.1 Å². The maximum absolute atomic E-state index is 12.1. The number of urea groups is 1. The van der Waals surface area contributed by atoms with Gasteiger partial charge in [-0.1, -0.05) is 30.3 Å². The Morgan fingerprint density at radius 1 is 1.15 bits per heavy atom. The van der Waals surface area contributed by atoms with Gasteiger partial charge in [0.05, 0.1) is 11.0 Å². The van der Waals surface area contributed by atoms with Crippen LogP contribution < -0.4 is 10.6 Å². The molecule has 2 aromatic carbocycles. The fourth-order valence-corrected chi connectivity index (χ4v) is 2.73. The molecule has 144 valence electrons. The summed E-state index contributed by atoms with van der Waals surface area (Å²) in [4.78, 5) is 24.2. The van der Waals surface area contributed by atoms with Crippen LogP contribution >= 0.6 is 0 Å². The number of carbonyl (C=O) groups is 1. The summed E-state index contributed by atoms with van der Waals surface area (Å²) in [6.45, 7) is 0.862. The van der Waals surface area contributed by atoms with E-state index in [1.165, 1.54) is 24.3 Å². The normalized spacial score (nSPS) is 13.0. The van der Waals surface area contributed by atoms with E-state index in [0.717, 1.165) is 5.56 Å². The molecule has 2 unspecified atom stereocenters. The Hall–Kier alpha value is -2.97. The number of nitrogens with zero attached hydrogens (tertiary/aromatic N) is 2. The fraction of sp³-hybridized carbons (Fsp3) is 0.316. The molecule has 8 nitrogen and oxygen atoms in total. The van der Waals surface area contributed by atoms with Crippen molar-refractivity contribution < 1.29 is 14.8 Å². The van der Waals surface area contributed by atoms with Crippen molar-refractivity contribution in [3.63, 3.8) is 0 Å².